The van der Waals surface area contributed by atoms with Crippen LogP contribution in [0.15, 0.2) is 138 Å². The molecule has 37 heavy (non-hydrogen) atoms. The van der Waals surface area contributed by atoms with Gasteiger partial charge < -0.3 is 4.42 Å². The van der Waals surface area contributed by atoms with E-state index in [0.29, 0.717) is 12.1 Å². The Kier molecular flexibility index (Phi) is 3.88. The van der Waals surface area contributed by atoms with Crippen molar-refractivity contribution >= 4 is 54.3 Å². The molecule has 1 heterocycles. The third-order valence-electron chi connectivity index (χ3n) is 7.50. The van der Waals surface area contributed by atoms with Crippen LogP contribution >= 0.6 is 0 Å². The zero-order valence-corrected chi connectivity index (χ0v) is 20.0. The van der Waals surface area contributed by atoms with Gasteiger partial charge in [-0.25, -0.2) is 0 Å². The lowest BCUT2D eigenvalue weighted by atomic mass is 9.85. The van der Waals surface area contributed by atoms with Crippen LogP contribution in [0.1, 0.15) is 2.74 Å². The molecule has 0 amide bonds. The van der Waals surface area contributed by atoms with Crippen molar-refractivity contribution in [1.82, 2.24) is 0 Å². The van der Waals surface area contributed by atoms with Crippen molar-refractivity contribution in [3.63, 3.8) is 0 Å². The van der Waals surface area contributed by atoms with Crippen LogP contribution in [0.25, 0.3) is 76.5 Å². The van der Waals surface area contributed by atoms with Crippen molar-refractivity contribution in [3.05, 3.63) is 133 Å². The zero-order chi connectivity index (χ0) is 26.1. The molecule has 1 aromatic heterocycles. The highest BCUT2D eigenvalue weighted by atomic mass is 16.3. The number of benzene rings is 7. The Labute approximate surface area is 217 Å². The largest absolute Gasteiger partial charge is 0.456 e. The second-order valence-electron chi connectivity index (χ2n) is 9.54. The van der Waals surface area contributed by atoms with E-state index >= 15 is 0 Å². The minimum Gasteiger partial charge on any atom is -0.456 e. The normalized spacial score (nSPS) is 12.5. The average molecular weight is 473 g/mol. The fourth-order valence-electron chi connectivity index (χ4n) is 5.93. The summed E-state index contributed by atoms with van der Waals surface area (Å²) in [6.07, 6.45) is 0. The van der Waals surface area contributed by atoms with E-state index in [1.54, 1.807) is 0 Å². The highest BCUT2D eigenvalue weighted by Crippen LogP contribution is 2.47. The van der Waals surface area contributed by atoms with Crippen LogP contribution in [-0.4, -0.2) is 0 Å². The molecule has 0 saturated heterocycles. The Balaban J connectivity index is 1.59. The van der Waals surface area contributed by atoms with Crippen molar-refractivity contribution in [2.75, 3.05) is 0 Å². The molecule has 0 aliphatic heterocycles. The summed E-state index contributed by atoms with van der Waals surface area (Å²) in [4.78, 5) is 0. The first-order valence-electron chi connectivity index (χ1n) is 13.5. The van der Waals surface area contributed by atoms with Crippen molar-refractivity contribution in [3.8, 4) is 22.3 Å². The van der Waals surface area contributed by atoms with Gasteiger partial charge in [-0.05, 0) is 72.8 Å². The summed E-state index contributed by atoms with van der Waals surface area (Å²) in [5.41, 5.74) is 6.02. The lowest BCUT2D eigenvalue weighted by Crippen LogP contribution is -1.91. The predicted molar refractivity (Wildman–Crippen MR) is 157 cm³/mol. The number of fused-ring (bicyclic) bond motifs is 6. The van der Waals surface area contributed by atoms with E-state index in [4.69, 9.17) is 7.16 Å². The van der Waals surface area contributed by atoms with E-state index in [2.05, 4.69) is 60.7 Å². The summed E-state index contributed by atoms with van der Waals surface area (Å²) < 4.78 is 23.5. The van der Waals surface area contributed by atoms with Gasteiger partial charge in [0.2, 0.25) is 0 Å². The van der Waals surface area contributed by atoms with Gasteiger partial charge in [0, 0.05) is 10.8 Å². The first kappa shape index (κ1) is 18.4. The van der Waals surface area contributed by atoms with Crippen LogP contribution in [-0.2, 0) is 0 Å². The van der Waals surface area contributed by atoms with Gasteiger partial charge in [0.05, 0.1) is 2.74 Å². The zero-order valence-electron chi connectivity index (χ0n) is 22.0. The maximum Gasteiger partial charge on any atom is 0.136 e. The lowest BCUT2D eigenvalue weighted by Gasteiger charge is -2.18. The molecule has 0 radical (unpaired) electrons. The minimum atomic E-state index is 0.467. The van der Waals surface area contributed by atoms with Crippen molar-refractivity contribution in [2.45, 2.75) is 0 Å². The Hall–Kier alpha value is -4.88. The average Bonchev–Trinajstić information content (AvgIpc) is 3.33. The van der Waals surface area contributed by atoms with Crippen LogP contribution in [0.2, 0.25) is 0 Å². The van der Waals surface area contributed by atoms with E-state index in [0.717, 1.165) is 71.1 Å². The monoisotopic (exact) mass is 472 g/mol. The first-order valence-corrected chi connectivity index (χ1v) is 12.5. The molecule has 1 nitrogen and oxygen atoms in total. The van der Waals surface area contributed by atoms with Crippen LogP contribution in [0.4, 0.5) is 0 Å². The van der Waals surface area contributed by atoms with E-state index in [9.17, 15) is 0 Å². The van der Waals surface area contributed by atoms with Crippen LogP contribution < -0.4 is 0 Å². The molecule has 0 aliphatic carbocycles. The summed E-state index contributed by atoms with van der Waals surface area (Å²) in [6, 6.07) is 42.0. The highest BCUT2D eigenvalue weighted by molar-refractivity contribution is 6.26. The lowest BCUT2D eigenvalue weighted by molar-refractivity contribution is 0.669. The highest BCUT2D eigenvalue weighted by Gasteiger charge is 2.20. The van der Waals surface area contributed by atoms with Crippen LogP contribution in [0.3, 0.4) is 0 Å². The number of rotatable bonds is 2. The van der Waals surface area contributed by atoms with Crippen molar-refractivity contribution in [1.29, 1.82) is 0 Å². The molecule has 0 unspecified atom stereocenters. The van der Waals surface area contributed by atoms with Gasteiger partial charge in [-0.15, -0.1) is 0 Å². The maximum absolute atomic E-state index is 8.56. The molecular weight excluding hydrogens is 448 g/mol. The van der Waals surface area contributed by atoms with Gasteiger partial charge in [-0.3, -0.25) is 0 Å². The summed E-state index contributed by atoms with van der Waals surface area (Å²) in [5.74, 6) is 0. The molecule has 0 N–H and O–H groups in total. The molecule has 8 rings (SSSR count). The van der Waals surface area contributed by atoms with E-state index in [1.807, 2.05) is 60.7 Å². The molecule has 0 fully saturated rings. The van der Waals surface area contributed by atoms with Crippen LogP contribution in [0.5, 0.6) is 0 Å². The van der Waals surface area contributed by atoms with Crippen molar-refractivity contribution in [2.24, 2.45) is 0 Å². The SMILES string of the molecule is [2H]c1ccc2c(-c3cccc4oc5cc6ccccc6cc5c34)c3cc([2H])ccc3c(-c3ccccc3)c2c1. The molecule has 7 aromatic carbocycles. The molecule has 8 aromatic rings. The Morgan fingerprint density at radius 1 is 0.459 bits per heavy atom. The summed E-state index contributed by atoms with van der Waals surface area (Å²) in [5, 5.41) is 8.65. The van der Waals surface area contributed by atoms with Gasteiger partial charge in [0.15, 0.2) is 0 Å². The number of hydrogen-bond donors (Lipinski definition) is 0. The molecule has 0 bridgehead atoms. The fourth-order valence-corrected chi connectivity index (χ4v) is 5.93. The molecule has 0 spiro atoms. The molecule has 0 aliphatic rings. The van der Waals surface area contributed by atoms with Gasteiger partial charge in [-0.2, -0.15) is 0 Å². The van der Waals surface area contributed by atoms with E-state index < -0.39 is 0 Å². The molecule has 0 atom stereocenters. The third kappa shape index (κ3) is 2.98. The molecule has 0 saturated carbocycles. The van der Waals surface area contributed by atoms with Gasteiger partial charge in [0.1, 0.15) is 11.2 Å². The Bertz CT molecular complexity index is 2240. The Morgan fingerprint density at radius 2 is 1.11 bits per heavy atom. The smallest absolute Gasteiger partial charge is 0.136 e. The summed E-state index contributed by atoms with van der Waals surface area (Å²) in [7, 11) is 0. The summed E-state index contributed by atoms with van der Waals surface area (Å²) in [6.45, 7) is 0. The predicted octanol–water partition coefficient (Wildman–Crippen LogP) is 10.4. The topological polar surface area (TPSA) is 13.1 Å². The van der Waals surface area contributed by atoms with E-state index in [-0.39, 0.29) is 0 Å². The fraction of sp³-hybridized carbons (Fsp3) is 0. The summed E-state index contributed by atoms with van der Waals surface area (Å²) >= 11 is 0. The van der Waals surface area contributed by atoms with Gasteiger partial charge in [0.25, 0.3) is 0 Å². The van der Waals surface area contributed by atoms with E-state index in [1.165, 1.54) is 5.39 Å². The van der Waals surface area contributed by atoms with Gasteiger partial charge in [-0.1, -0.05) is 115 Å². The molecule has 1 heteroatoms. The standard InChI is InChI=1S/C36H22O/c1-2-11-23(12-3-1)34-26-15-6-8-17-28(26)35(29-18-9-7-16-27(29)34)30-19-10-20-32-36(30)31-21-24-13-4-5-14-25(24)22-33(31)37-32/h1-22H/i6D,9D. The third-order valence-corrected chi connectivity index (χ3v) is 7.50. The number of hydrogen-bond acceptors (Lipinski definition) is 1. The number of furan rings is 1. The second kappa shape index (κ2) is 7.81. The minimum absolute atomic E-state index is 0.467. The van der Waals surface area contributed by atoms with Gasteiger partial charge >= 0.3 is 0 Å². The van der Waals surface area contributed by atoms with Crippen molar-refractivity contribution < 1.29 is 7.16 Å². The maximum atomic E-state index is 8.56. The Morgan fingerprint density at radius 3 is 1.89 bits per heavy atom. The molecular formula is C36H22O. The van der Waals surface area contributed by atoms with Crippen LogP contribution in [0, 0.1) is 0 Å². The first-order chi connectivity index (χ1) is 19.2. The quantitative estimate of drug-likeness (QED) is 0.228. The molecule has 172 valence electrons. The second-order valence-corrected chi connectivity index (χ2v) is 9.54.